The Labute approximate surface area is 131 Å². The highest BCUT2D eigenvalue weighted by Crippen LogP contribution is 2.18. The van der Waals surface area contributed by atoms with Crippen molar-refractivity contribution in [3.63, 3.8) is 0 Å². The number of rotatable bonds is 6. The lowest BCUT2D eigenvalue weighted by Gasteiger charge is -2.11. The van der Waals surface area contributed by atoms with Crippen molar-refractivity contribution in [1.82, 2.24) is 4.72 Å². The lowest BCUT2D eigenvalue weighted by molar-refractivity contribution is 0.320. The van der Waals surface area contributed by atoms with Crippen molar-refractivity contribution < 1.29 is 13.2 Å². The molecule has 0 aliphatic rings. The molecule has 0 spiro atoms. The number of nitrogens with one attached hydrogen (secondary N) is 1. The second-order valence-electron chi connectivity index (χ2n) is 5.08. The number of anilines is 1. The number of hydrogen-bond donors (Lipinski definition) is 2. The van der Waals surface area contributed by atoms with Crippen molar-refractivity contribution in [2.24, 2.45) is 0 Å². The summed E-state index contributed by atoms with van der Waals surface area (Å²) < 4.78 is 32.3. The van der Waals surface area contributed by atoms with Gasteiger partial charge in [-0.15, -0.1) is 0 Å². The molecule has 0 bridgehead atoms. The molecule has 5 nitrogen and oxygen atoms in total. The maximum atomic E-state index is 12.1. The molecule has 0 fully saturated rings. The average Bonchev–Trinajstić information content (AvgIpc) is 2.47. The third kappa shape index (κ3) is 4.22. The Balaban J connectivity index is 1.90. The van der Waals surface area contributed by atoms with Crippen LogP contribution >= 0.6 is 0 Å². The van der Waals surface area contributed by atoms with E-state index >= 15 is 0 Å². The first kappa shape index (κ1) is 16.3. The fourth-order valence-electron chi connectivity index (χ4n) is 1.93. The number of sulfonamides is 1. The second kappa shape index (κ2) is 6.81. The van der Waals surface area contributed by atoms with Gasteiger partial charge in [0.25, 0.3) is 0 Å². The van der Waals surface area contributed by atoms with E-state index < -0.39 is 10.0 Å². The van der Waals surface area contributed by atoms with Crippen molar-refractivity contribution in [3.8, 4) is 5.75 Å². The zero-order chi connectivity index (χ0) is 16.2. The third-order valence-corrected chi connectivity index (χ3v) is 4.66. The average molecular weight is 320 g/mol. The molecule has 0 saturated carbocycles. The number of nitrogen functional groups attached to an aromatic ring is 1. The molecular formula is C16H20N2O3S. The van der Waals surface area contributed by atoms with E-state index in [1.54, 1.807) is 12.1 Å². The molecule has 0 amide bonds. The van der Waals surface area contributed by atoms with Gasteiger partial charge in [-0.2, -0.15) is 0 Å². The van der Waals surface area contributed by atoms with E-state index in [9.17, 15) is 8.42 Å². The molecule has 2 rings (SSSR count). The maximum absolute atomic E-state index is 12.1. The van der Waals surface area contributed by atoms with Crippen LogP contribution in [0.5, 0.6) is 5.75 Å². The van der Waals surface area contributed by atoms with E-state index in [1.165, 1.54) is 12.1 Å². The van der Waals surface area contributed by atoms with Crippen LogP contribution in [0.15, 0.2) is 47.4 Å². The lowest BCUT2D eigenvalue weighted by Crippen LogP contribution is -2.28. The summed E-state index contributed by atoms with van der Waals surface area (Å²) in [4.78, 5) is 0.188. The third-order valence-electron chi connectivity index (χ3n) is 3.19. The van der Waals surface area contributed by atoms with Gasteiger partial charge in [-0.1, -0.05) is 12.1 Å². The SMILES string of the molecule is Cc1ccc(C)c(OCCNS(=O)(=O)c2ccc(N)cc2)c1. The van der Waals surface area contributed by atoms with E-state index in [-0.39, 0.29) is 18.0 Å². The minimum atomic E-state index is -3.54. The molecule has 0 aliphatic carbocycles. The minimum absolute atomic E-state index is 0.188. The Kier molecular flexibility index (Phi) is 5.05. The van der Waals surface area contributed by atoms with Gasteiger partial charge in [-0.3, -0.25) is 0 Å². The Morgan fingerprint density at radius 2 is 1.77 bits per heavy atom. The summed E-state index contributed by atoms with van der Waals surface area (Å²) in [5, 5.41) is 0. The monoisotopic (exact) mass is 320 g/mol. The number of hydrogen-bond acceptors (Lipinski definition) is 4. The van der Waals surface area contributed by atoms with Crippen molar-refractivity contribution in [2.75, 3.05) is 18.9 Å². The molecule has 0 heterocycles. The van der Waals surface area contributed by atoms with Gasteiger partial charge in [0.15, 0.2) is 0 Å². The summed E-state index contributed by atoms with van der Waals surface area (Å²) in [7, 11) is -3.54. The normalized spacial score (nSPS) is 11.4. The van der Waals surface area contributed by atoms with Crippen molar-refractivity contribution in [1.29, 1.82) is 0 Å². The largest absolute Gasteiger partial charge is 0.492 e. The predicted molar refractivity (Wildman–Crippen MR) is 87.5 cm³/mol. The predicted octanol–water partition coefficient (Wildman–Crippen LogP) is 2.24. The van der Waals surface area contributed by atoms with Crippen LogP contribution in [0.3, 0.4) is 0 Å². The van der Waals surface area contributed by atoms with E-state index in [4.69, 9.17) is 10.5 Å². The molecule has 0 saturated heterocycles. The van der Waals surface area contributed by atoms with Crippen LogP contribution < -0.4 is 15.2 Å². The van der Waals surface area contributed by atoms with Gasteiger partial charge in [-0.25, -0.2) is 13.1 Å². The molecule has 0 atom stereocenters. The van der Waals surface area contributed by atoms with Gasteiger partial charge in [0.2, 0.25) is 10.0 Å². The van der Waals surface area contributed by atoms with E-state index in [2.05, 4.69) is 4.72 Å². The van der Waals surface area contributed by atoms with Crippen molar-refractivity contribution in [2.45, 2.75) is 18.7 Å². The van der Waals surface area contributed by atoms with Gasteiger partial charge < -0.3 is 10.5 Å². The highest BCUT2D eigenvalue weighted by molar-refractivity contribution is 7.89. The van der Waals surface area contributed by atoms with E-state index in [1.807, 2.05) is 32.0 Å². The quantitative estimate of drug-likeness (QED) is 0.632. The molecule has 22 heavy (non-hydrogen) atoms. The molecule has 2 aromatic carbocycles. The summed E-state index contributed by atoms with van der Waals surface area (Å²) in [5.74, 6) is 0.770. The smallest absolute Gasteiger partial charge is 0.240 e. The minimum Gasteiger partial charge on any atom is -0.492 e. The first-order chi connectivity index (χ1) is 10.4. The fourth-order valence-corrected chi connectivity index (χ4v) is 2.94. The van der Waals surface area contributed by atoms with Gasteiger partial charge in [0, 0.05) is 12.2 Å². The van der Waals surface area contributed by atoms with Crippen molar-refractivity contribution in [3.05, 3.63) is 53.6 Å². The van der Waals surface area contributed by atoms with Crippen LogP contribution in [0.1, 0.15) is 11.1 Å². The molecule has 0 aliphatic heterocycles. The number of ether oxygens (including phenoxy) is 1. The molecule has 6 heteroatoms. The molecule has 2 aromatic rings. The number of nitrogens with two attached hydrogens (primary N) is 1. The first-order valence-electron chi connectivity index (χ1n) is 6.94. The first-order valence-corrected chi connectivity index (χ1v) is 8.42. The molecule has 0 unspecified atom stereocenters. The standard InChI is InChI=1S/C16H20N2O3S/c1-12-3-4-13(2)16(11-12)21-10-9-18-22(19,20)15-7-5-14(17)6-8-15/h3-8,11,18H,9-10,17H2,1-2H3. The van der Waals surface area contributed by atoms with Gasteiger partial charge in [0.05, 0.1) is 4.90 Å². The molecule has 3 N–H and O–H groups in total. The molecule has 118 valence electrons. The number of benzene rings is 2. The van der Waals surface area contributed by atoms with Gasteiger partial charge >= 0.3 is 0 Å². The van der Waals surface area contributed by atoms with Crippen LogP contribution in [-0.4, -0.2) is 21.6 Å². The highest BCUT2D eigenvalue weighted by atomic mass is 32.2. The lowest BCUT2D eigenvalue weighted by atomic mass is 10.1. The topological polar surface area (TPSA) is 81.4 Å². The van der Waals surface area contributed by atoms with Gasteiger partial charge in [-0.05, 0) is 55.3 Å². The summed E-state index contributed by atoms with van der Waals surface area (Å²) in [5.41, 5.74) is 8.19. The van der Waals surface area contributed by atoms with Crippen LogP contribution in [0.4, 0.5) is 5.69 Å². The molecule has 0 radical (unpaired) electrons. The summed E-state index contributed by atoms with van der Waals surface area (Å²) in [6.07, 6.45) is 0. The zero-order valence-electron chi connectivity index (χ0n) is 12.7. The highest BCUT2D eigenvalue weighted by Gasteiger charge is 2.12. The summed E-state index contributed by atoms with van der Waals surface area (Å²) in [6.45, 7) is 4.39. The Hall–Kier alpha value is -2.05. The second-order valence-corrected chi connectivity index (χ2v) is 6.85. The zero-order valence-corrected chi connectivity index (χ0v) is 13.5. The Morgan fingerprint density at radius 1 is 1.09 bits per heavy atom. The maximum Gasteiger partial charge on any atom is 0.240 e. The Bertz CT molecular complexity index is 740. The van der Waals surface area contributed by atoms with Crippen LogP contribution in [-0.2, 0) is 10.0 Å². The van der Waals surface area contributed by atoms with E-state index in [0.717, 1.165) is 16.9 Å². The van der Waals surface area contributed by atoms with Crippen molar-refractivity contribution >= 4 is 15.7 Å². The Morgan fingerprint density at radius 3 is 2.45 bits per heavy atom. The summed E-state index contributed by atoms with van der Waals surface area (Å²) >= 11 is 0. The number of aryl methyl sites for hydroxylation is 2. The van der Waals surface area contributed by atoms with Crippen LogP contribution in [0.25, 0.3) is 0 Å². The molecular weight excluding hydrogens is 300 g/mol. The van der Waals surface area contributed by atoms with Crippen LogP contribution in [0.2, 0.25) is 0 Å². The van der Waals surface area contributed by atoms with E-state index in [0.29, 0.717) is 5.69 Å². The fraction of sp³-hybridized carbons (Fsp3) is 0.250. The van der Waals surface area contributed by atoms with Crippen LogP contribution in [0, 0.1) is 13.8 Å². The van der Waals surface area contributed by atoms with Gasteiger partial charge in [0.1, 0.15) is 12.4 Å². The summed E-state index contributed by atoms with van der Waals surface area (Å²) in [6, 6.07) is 12.0. The molecule has 0 aromatic heterocycles.